The van der Waals surface area contributed by atoms with E-state index in [1.807, 2.05) is 6.08 Å². The second kappa shape index (κ2) is 2.58. The molecule has 3 rings (SSSR count). The maximum atomic E-state index is 5.52. The summed E-state index contributed by atoms with van der Waals surface area (Å²) in [4.78, 5) is 0. The van der Waals surface area contributed by atoms with E-state index in [1.165, 1.54) is 19.3 Å². The van der Waals surface area contributed by atoms with Crippen LogP contribution in [-0.4, -0.2) is 6.04 Å². The Morgan fingerprint density at radius 1 is 1.31 bits per heavy atom. The molecule has 0 saturated heterocycles. The number of nitrogens with two attached hydrogens (primary N) is 1. The van der Waals surface area contributed by atoms with Crippen LogP contribution in [0.15, 0.2) is 12.7 Å². The first-order valence-corrected chi connectivity index (χ1v) is 5.45. The van der Waals surface area contributed by atoms with Gasteiger partial charge in [0, 0.05) is 6.04 Å². The van der Waals surface area contributed by atoms with E-state index in [1.54, 1.807) is 0 Å². The van der Waals surface area contributed by atoms with E-state index in [-0.39, 0.29) is 0 Å². The Balaban J connectivity index is 1.75. The molecule has 0 aliphatic heterocycles. The third-order valence-electron chi connectivity index (χ3n) is 4.66. The standard InChI is InChI=1S/C11H18N2/c1-2-8(13-12)11-9-6-3-4-7(5-6)10(9)11/h2,6-11,13H,1,3-5,12H2. The summed E-state index contributed by atoms with van der Waals surface area (Å²) in [5.74, 6) is 10.4. The fourth-order valence-corrected chi connectivity index (χ4v) is 4.21. The van der Waals surface area contributed by atoms with Crippen LogP contribution in [0.5, 0.6) is 0 Å². The van der Waals surface area contributed by atoms with Crippen molar-refractivity contribution in [2.45, 2.75) is 25.3 Å². The van der Waals surface area contributed by atoms with Crippen LogP contribution in [0.25, 0.3) is 0 Å². The smallest absolute Gasteiger partial charge is 0.0421 e. The van der Waals surface area contributed by atoms with Crippen LogP contribution in [0.3, 0.4) is 0 Å². The van der Waals surface area contributed by atoms with Crippen molar-refractivity contribution in [2.75, 3.05) is 0 Å². The van der Waals surface area contributed by atoms with Gasteiger partial charge >= 0.3 is 0 Å². The molecule has 3 aliphatic rings. The molecule has 3 aliphatic carbocycles. The predicted molar refractivity (Wildman–Crippen MR) is 52.6 cm³/mol. The molecule has 2 heteroatoms. The normalized spacial score (nSPS) is 53.2. The number of hydrazine groups is 1. The summed E-state index contributed by atoms with van der Waals surface area (Å²) in [5.41, 5.74) is 2.89. The van der Waals surface area contributed by atoms with Gasteiger partial charge in [-0.15, -0.1) is 6.58 Å². The Kier molecular flexibility index (Phi) is 1.59. The fraction of sp³-hybridized carbons (Fsp3) is 0.818. The van der Waals surface area contributed by atoms with E-state index >= 15 is 0 Å². The van der Waals surface area contributed by atoms with Gasteiger partial charge in [0.05, 0.1) is 0 Å². The van der Waals surface area contributed by atoms with Crippen molar-refractivity contribution in [3.05, 3.63) is 12.7 Å². The minimum Gasteiger partial charge on any atom is -0.271 e. The van der Waals surface area contributed by atoms with Crippen LogP contribution in [0.1, 0.15) is 19.3 Å². The van der Waals surface area contributed by atoms with Crippen molar-refractivity contribution in [2.24, 2.45) is 35.4 Å². The highest BCUT2D eigenvalue weighted by Gasteiger charge is 2.66. The average molecular weight is 178 g/mol. The van der Waals surface area contributed by atoms with Crippen LogP contribution in [-0.2, 0) is 0 Å². The first-order chi connectivity index (χ1) is 6.36. The molecular formula is C11H18N2. The molecule has 13 heavy (non-hydrogen) atoms. The van der Waals surface area contributed by atoms with Gasteiger partial charge in [-0.2, -0.15) is 0 Å². The number of hydrogen-bond donors (Lipinski definition) is 2. The van der Waals surface area contributed by atoms with E-state index in [9.17, 15) is 0 Å². The topological polar surface area (TPSA) is 38.0 Å². The molecule has 2 bridgehead atoms. The van der Waals surface area contributed by atoms with Gasteiger partial charge in [-0.1, -0.05) is 6.08 Å². The number of rotatable bonds is 3. The summed E-state index contributed by atoms with van der Waals surface area (Å²) < 4.78 is 0. The maximum Gasteiger partial charge on any atom is 0.0421 e. The quantitative estimate of drug-likeness (QED) is 0.388. The SMILES string of the molecule is C=CC(NN)C1C2C3CCC(C3)C21. The van der Waals surface area contributed by atoms with Gasteiger partial charge in [-0.3, -0.25) is 11.3 Å². The summed E-state index contributed by atoms with van der Waals surface area (Å²) in [5, 5.41) is 0. The molecule has 5 unspecified atom stereocenters. The maximum absolute atomic E-state index is 5.52. The Morgan fingerprint density at radius 2 is 1.92 bits per heavy atom. The van der Waals surface area contributed by atoms with Crippen LogP contribution < -0.4 is 11.3 Å². The Hall–Kier alpha value is -0.340. The van der Waals surface area contributed by atoms with Crippen molar-refractivity contribution in [1.29, 1.82) is 0 Å². The lowest BCUT2D eigenvalue weighted by molar-refractivity contribution is 0.406. The Morgan fingerprint density at radius 3 is 2.38 bits per heavy atom. The molecule has 3 N–H and O–H groups in total. The lowest BCUT2D eigenvalue weighted by Crippen LogP contribution is -2.36. The predicted octanol–water partition coefficient (Wildman–Crippen LogP) is 1.30. The van der Waals surface area contributed by atoms with Gasteiger partial charge in [0.25, 0.3) is 0 Å². The molecular weight excluding hydrogens is 160 g/mol. The summed E-state index contributed by atoms with van der Waals surface area (Å²) >= 11 is 0. The van der Waals surface area contributed by atoms with Crippen molar-refractivity contribution in [1.82, 2.24) is 5.43 Å². The lowest BCUT2D eigenvalue weighted by Gasteiger charge is -2.15. The summed E-state index contributed by atoms with van der Waals surface area (Å²) in [7, 11) is 0. The number of fused-ring (bicyclic) bond motifs is 5. The highest BCUT2D eigenvalue weighted by molar-refractivity contribution is 5.17. The highest BCUT2D eigenvalue weighted by Crippen LogP contribution is 2.70. The highest BCUT2D eigenvalue weighted by atomic mass is 15.2. The number of nitrogens with one attached hydrogen (secondary N) is 1. The molecule has 0 spiro atoms. The van der Waals surface area contributed by atoms with Crippen LogP contribution in [0, 0.1) is 29.6 Å². The zero-order valence-corrected chi connectivity index (χ0v) is 7.95. The van der Waals surface area contributed by atoms with Crippen LogP contribution >= 0.6 is 0 Å². The second-order valence-electron chi connectivity index (χ2n) is 4.99. The van der Waals surface area contributed by atoms with Crippen molar-refractivity contribution in [3.8, 4) is 0 Å². The van der Waals surface area contributed by atoms with Gasteiger partial charge in [-0.05, 0) is 48.9 Å². The molecule has 3 fully saturated rings. The van der Waals surface area contributed by atoms with Gasteiger partial charge in [0.2, 0.25) is 0 Å². The van der Waals surface area contributed by atoms with Crippen molar-refractivity contribution >= 4 is 0 Å². The molecule has 0 aromatic carbocycles. The molecule has 0 heterocycles. The van der Waals surface area contributed by atoms with E-state index in [0.29, 0.717) is 6.04 Å². The largest absolute Gasteiger partial charge is 0.271 e. The monoisotopic (exact) mass is 178 g/mol. The third kappa shape index (κ3) is 0.906. The third-order valence-corrected chi connectivity index (χ3v) is 4.66. The van der Waals surface area contributed by atoms with E-state index in [4.69, 9.17) is 5.84 Å². The first-order valence-electron chi connectivity index (χ1n) is 5.45. The summed E-state index contributed by atoms with van der Waals surface area (Å²) in [6.07, 6.45) is 6.47. The van der Waals surface area contributed by atoms with Gasteiger partial charge in [0.15, 0.2) is 0 Å². The fourth-order valence-electron chi connectivity index (χ4n) is 4.21. The van der Waals surface area contributed by atoms with Crippen molar-refractivity contribution < 1.29 is 0 Å². The van der Waals surface area contributed by atoms with Crippen LogP contribution in [0.2, 0.25) is 0 Å². The van der Waals surface area contributed by atoms with Crippen LogP contribution in [0.4, 0.5) is 0 Å². The summed E-state index contributed by atoms with van der Waals surface area (Å²) in [6, 6.07) is 0.374. The van der Waals surface area contributed by atoms with Crippen molar-refractivity contribution in [3.63, 3.8) is 0 Å². The van der Waals surface area contributed by atoms with Gasteiger partial charge < -0.3 is 0 Å². The molecule has 0 aromatic heterocycles. The second-order valence-corrected chi connectivity index (χ2v) is 4.99. The molecule has 0 aromatic rings. The lowest BCUT2D eigenvalue weighted by atomic mass is 9.98. The van der Waals surface area contributed by atoms with Gasteiger partial charge in [0.1, 0.15) is 0 Å². The first kappa shape index (κ1) is 8.01. The molecule has 2 nitrogen and oxygen atoms in total. The minimum atomic E-state index is 0.374. The molecule has 3 saturated carbocycles. The zero-order chi connectivity index (χ0) is 9.00. The zero-order valence-electron chi connectivity index (χ0n) is 7.95. The Labute approximate surface area is 79.5 Å². The molecule has 0 radical (unpaired) electrons. The number of hydrogen-bond acceptors (Lipinski definition) is 2. The van der Waals surface area contributed by atoms with E-state index in [2.05, 4.69) is 12.0 Å². The molecule has 0 amide bonds. The minimum absolute atomic E-state index is 0.374. The van der Waals surface area contributed by atoms with E-state index < -0.39 is 0 Å². The van der Waals surface area contributed by atoms with E-state index in [0.717, 1.165) is 29.6 Å². The molecule has 5 atom stereocenters. The average Bonchev–Trinajstić information content (AvgIpc) is 2.59. The van der Waals surface area contributed by atoms with Gasteiger partial charge in [-0.25, -0.2) is 0 Å². The Bertz CT molecular complexity index is 222. The summed E-state index contributed by atoms with van der Waals surface area (Å²) in [6.45, 7) is 3.85. The molecule has 72 valence electrons.